The van der Waals surface area contributed by atoms with E-state index >= 15 is 0 Å². The molecular formula is C12H13BrN2O3S. The van der Waals surface area contributed by atoms with Crippen LogP contribution >= 0.6 is 15.9 Å². The summed E-state index contributed by atoms with van der Waals surface area (Å²) in [7, 11) is -1.54. The summed E-state index contributed by atoms with van der Waals surface area (Å²) in [5.41, 5.74) is 0. The van der Waals surface area contributed by atoms with E-state index in [1.807, 2.05) is 6.07 Å². The summed E-state index contributed by atoms with van der Waals surface area (Å²) in [5, 5.41) is 0. The number of aromatic nitrogens is 1. The highest BCUT2D eigenvalue weighted by Gasteiger charge is 2.17. The highest BCUT2D eigenvalue weighted by Crippen LogP contribution is 2.23. The van der Waals surface area contributed by atoms with Gasteiger partial charge < -0.3 is 9.32 Å². The number of anilines is 1. The fourth-order valence-corrected chi connectivity index (χ4v) is 2.91. The molecule has 0 aliphatic heterocycles. The first-order valence-electron chi connectivity index (χ1n) is 5.48. The molecule has 0 aliphatic rings. The van der Waals surface area contributed by atoms with E-state index in [2.05, 4.69) is 20.9 Å². The van der Waals surface area contributed by atoms with Crippen LogP contribution < -0.4 is 4.90 Å². The largest absolute Gasteiger partial charge is 0.452 e. The molecule has 102 valence electrons. The van der Waals surface area contributed by atoms with Gasteiger partial charge in [-0.25, -0.2) is 13.4 Å². The Morgan fingerprint density at radius 3 is 2.68 bits per heavy atom. The summed E-state index contributed by atoms with van der Waals surface area (Å²) in [4.78, 5) is 6.09. The van der Waals surface area contributed by atoms with Crippen molar-refractivity contribution in [3.8, 4) is 0 Å². The molecular weight excluding hydrogens is 332 g/mol. The Labute approximate surface area is 120 Å². The van der Waals surface area contributed by atoms with Crippen molar-refractivity contribution in [3.63, 3.8) is 0 Å². The van der Waals surface area contributed by atoms with E-state index < -0.39 is 9.84 Å². The summed E-state index contributed by atoms with van der Waals surface area (Å²) >= 11 is 3.23. The van der Waals surface area contributed by atoms with Gasteiger partial charge in [-0.1, -0.05) is 0 Å². The van der Waals surface area contributed by atoms with E-state index in [9.17, 15) is 8.42 Å². The molecule has 0 amide bonds. The second-order valence-electron chi connectivity index (χ2n) is 4.16. The Balaban J connectivity index is 2.31. The van der Waals surface area contributed by atoms with Gasteiger partial charge in [-0.3, -0.25) is 0 Å². The Morgan fingerprint density at radius 1 is 1.37 bits per heavy atom. The first-order chi connectivity index (χ1) is 8.88. The lowest BCUT2D eigenvalue weighted by molar-refractivity contribution is 0.485. The lowest BCUT2D eigenvalue weighted by atomic mass is 10.4. The molecule has 0 spiro atoms. The summed E-state index contributed by atoms with van der Waals surface area (Å²) in [6.07, 6.45) is 2.74. The third-order valence-corrected chi connectivity index (χ3v) is 4.08. The number of pyridine rings is 1. The van der Waals surface area contributed by atoms with E-state index in [4.69, 9.17) is 4.42 Å². The molecule has 2 rings (SSSR count). The van der Waals surface area contributed by atoms with Crippen LogP contribution in [-0.4, -0.2) is 26.7 Å². The fourth-order valence-electron chi connectivity index (χ4n) is 1.70. The Hall–Kier alpha value is -1.34. The molecule has 5 nitrogen and oxygen atoms in total. The molecule has 0 bridgehead atoms. The smallest absolute Gasteiger partial charge is 0.179 e. The molecule has 0 N–H and O–H groups in total. The van der Waals surface area contributed by atoms with Crippen molar-refractivity contribution >= 4 is 31.6 Å². The van der Waals surface area contributed by atoms with Crippen molar-refractivity contribution in [1.82, 2.24) is 4.98 Å². The van der Waals surface area contributed by atoms with Crippen LogP contribution in [0.5, 0.6) is 0 Å². The van der Waals surface area contributed by atoms with Crippen molar-refractivity contribution < 1.29 is 12.8 Å². The Morgan fingerprint density at radius 2 is 2.11 bits per heavy atom. The van der Waals surface area contributed by atoms with Crippen LogP contribution in [0.4, 0.5) is 5.82 Å². The maximum absolute atomic E-state index is 11.7. The average molecular weight is 345 g/mol. The molecule has 2 heterocycles. The van der Waals surface area contributed by atoms with Crippen LogP contribution in [0.2, 0.25) is 0 Å². The van der Waals surface area contributed by atoms with Crippen LogP contribution in [0.25, 0.3) is 0 Å². The maximum Gasteiger partial charge on any atom is 0.179 e. The molecule has 0 aliphatic carbocycles. The quantitative estimate of drug-likeness (QED) is 0.852. The molecule has 0 aromatic carbocycles. The molecule has 19 heavy (non-hydrogen) atoms. The average Bonchev–Trinajstić information content (AvgIpc) is 2.73. The molecule has 2 aromatic rings. The molecule has 2 aromatic heterocycles. The molecule has 0 atom stereocenters. The summed E-state index contributed by atoms with van der Waals surface area (Å²) in [6.45, 7) is 0.436. The number of hydrogen-bond donors (Lipinski definition) is 0. The normalized spacial score (nSPS) is 11.5. The van der Waals surface area contributed by atoms with Gasteiger partial charge in [0.15, 0.2) is 14.5 Å². The molecule has 0 saturated heterocycles. The van der Waals surface area contributed by atoms with Gasteiger partial charge in [0.1, 0.15) is 16.5 Å². The first-order valence-corrected chi connectivity index (χ1v) is 8.17. The molecule has 0 saturated carbocycles. The lowest BCUT2D eigenvalue weighted by Gasteiger charge is -2.19. The van der Waals surface area contributed by atoms with Gasteiger partial charge in [0.2, 0.25) is 0 Å². The number of rotatable bonds is 4. The molecule has 0 fully saturated rings. The van der Waals surface area contributed by atoms with E-state index in [0.717, 1.165) is 5.76 Å². The number of sulfone groups is 1. The van der Waals surface area contributed by atoms with Gasteiger partial charge in [0, 0.05) is 19.5 Å². The summed E-state index contributed by atoms with van der Waals surface area (Å²) in [6, 6.07) is 6.77. The number of halogens is 1. The second kappa shape index (κ2) is 5.34. The fraction of sp³-hybridized carbons (Fsp3) is 0.250. The zero-order chi connectivity index (χ0) is 14.0. The van der Waals surface area contributed by atoms with Gasteiger partial charge in [-0.05, 0) is 40.2 Å². The minimum Gasteiger partial charge on any atom is -0.452 e. The minimum atomic E-state index is -3.31. The van der Waals surface area contributed by atoms with E-state index in [-0.39, 0.29) is 4.90 Å². The monoisotopic (exact) mass is 344 g/mol. The van der Waals surface area contributed by atoms with Crippen molar-refractivity contribution in [2.45, 2.75) is 11.4 Å². The van der Waals surface area contributed by atoms with Crippen LogP contribution in [-0.2, 0) is 16.4 Å². The summed E-state index contributed by atoms with van der Waals surface area (Å²) in [5.74, 6) is 1.14. The van der Waals surface area contributed by atoms with Gasteiger partial charge in [0.25, 0.3) is 0 Å². The predicted octanol–water partition coefficient (Wildman–Crippen LogP) is 2.48. The Bertz CT molecular complexity index is 682. The topological polar surface area (TPSA) is 63.4 Å². The zero-order valence-electron chi connectivity index (χ0n) is 10.5. The second-order valence-corrected chi connectivity index (χ2v) is 6.92. The Kier molecular flexibility index (Phi) is 3.96. The van der Waals surface area contributed by atoms with Gasteiger partial charge >= 0.3 is 0 Å². The standard InChI is InChI=1S/C12H13BrN2O3S/c1-15(8-9-5-6-11(13)18-9)12-10(19(2,16)17)4-3-7-14-12/h3-7H,8H2,1-2H3. The maximum atomic E-state index is 11.7. The van der Waals surface area contributed by atoms with Crippen molar-refractivity contribution in [2.24, 2.45) is 0 Å². The van der Waals surface area contributed by atoms with Gasteiger partial charge in [0.05, 0.1) is 6.54 Å². The molecule has 0 radical (unpaired) electrons. The van der Waals surface area contributed by atoms with Crippen LogP contribution in [0.3, 0.4) is 0 Å². The molecule has 7 heteroatoms. The number of hydrogen-bond acceptors (Lipinski definition) is 5. The number of furan rings is 1. The highest BCUT2D eigenvalue weighted by atomic mass is 79.9. The van der Waals surface area contributed by atoms with Crippen molar-refractivity contribution in [2.75, 3.05) is 18.2 Å². The highest BCUT2D eigenvalue weighted by molar-refractivity contribution is 9.10. The number of nitrogens with zero attached hydrogens (tertiary/aromatic N) is 2. The lowest BCUT2D eigenvalue weighted by Crippen LogP contribution is -2.20. The van der Waals surface area contributed by atoms with Crippen molar-refractivity contribution in [1.29, 1.82) is 0 Å². The third kappa shape index (κ3) is 3.36. The zero-order valence-corrected chi connectivity index (χ0v) is 12.9. The van der Waals surface area contributed by atoms with E-state index in [0.29, 0.717) is 17.0 Å². The van der Waals surface area contributed by atoms with Crippen LogP contribution in [0.15, 0.2) is 44.4 Å². The van der Waals surface area contributed by atoms with E-state index in [1.165, 1.54) is 6.26 Å². The van der Waals surface area contributed by atoms with E-state index in [1.54, 1.807) is 36.3 Å². The predicted molar refractivity (Wildman–Crippen MR) is 75.9 cm³/mol. The third-order valence-electron chi connectivity index (χ3n) is 2.53. The van der Waals surface area contributed by atoms with Crippen molar-refractivity contribution in [3.05, 3.63) is 40.9 Å². The SMILES string of the molecule is CN(Cc1ccc(Br)o1)c1ncccc1S(C)(=O)=O. The van der Waals surface area contributed by atoms with Crippen LogP contribution in [0, 0.1) is 0 Å². The van der Waals surface area contributed by atoms with Gasteiger partial charge in [-0.2, -0.15) is 0 Å². The van der Waals surface area contributed by atoms with Gasteiger partial charge in [-0.15, -0.1) is 0 Å². The molecule has 0 unspecified atom stereocenters. The van der Waals surface area contributed by atoms with Crippen LogP contribution in [0.1, 0.15) is 5.76 Å². The summed E-state index contributed by atoms with van der Waals surface area (Å²) < 4.78 is 29.5. The minimum absolute atomic E-state index is 0.211. The first kappa shape index (κ1) is 14.1.